The summed E-state index contributed by atoms with van der Waals surface area (Å²) in [4.78, 5) is 7.46. The van der Waals surface area contributed by atoms with Gasteiger partial charge in [-0.15, -0.1) is 11.3 Å². The summed E-state index contributed by atoms with van der Waals surface area (Å²) in [5.74, 6) is 0.507. The van der Waals surface area contributed by atoms with E-state index in [-0.39, 0.29) is 11.2 Å². The molecule has 0 unspecified atom stereocenters. The fraction of sp³-hybridized carbons (Fsp3) is 0.550. The normalized spacial score (nSPS) is 22.1. The number of rotatable bonds is 3. The van der Waals surface area contributed by atoms with Crippen LogP contribution in [0.2, 0.25) is 0 Å². The molecule has 1 aromatic carbocycles. The van der Waals surface area contributed by atoms with Crippen LogP contribution < -0.4 is 0 Å². The van der Waals surface area contributed by atoms with Crippen LogP contribution in [-0.2, 0) is 5.41 Å². The molecule has 4 heteroatoms. The molecular weight excluding hydrogens is 319 g/mol. The number of benzene rings is 1. The third kappa shape index (κ3) is 2.80. The highest BCUT2D eigenvalue weighted by molar-refractivity contribution is 7.09. The molecule has 1 aliphatic carbocycles. The highest BCUT2D eigenvalue weighted by atomic mass is 32.1. The van der Waals surface area contributed by atoms with Gasteiger partial charge in [-0.25, -0.2) is 9.37 Å². The van der Waals surface area contributed by atoms with Crippen molar-refractivity contribution in [2.45, 2.75) is 49.9 Å². The largest absolute Gasteiger partial charge is 0.306 e. The first kappa shape index (κ1) is 16.2. The molecule has 2 nitrogen and oxygen atoms in total. The van der Waals surface area contributed by atoms with Crippen LogP contribution in [0, 0.1) is 5.82 Å². The Bertz CT molecular complexity index is 697. The molecule has 1 saturated carbocycles. The van der Waals surface area contributed by atoms with Crippen LogP contribution in [0.1, 0.15) is 60.7 Å². The van der Waals surface area contributed by atoms with Crippen molar-refractivity contribution in [2.24, 2.45) is 0 Å². The Labute approximate surface area is 147 Å². The highest BCUT2D eigenvalue weighted by Gasteiger charge is 2.41. The van der Waals surface area contributed by atoms with Gasteiger partial charge in [0.2, 0.25) is 0 Å². The van der Waals surface area contributed by atoms with Crippen molar-refractivity contribution in [3.8, 4) is 0 Å². The zero-order chi connectivity index (χ0) is 16.6. The fourth-order valence-corrected chi connectivity index (χ4v) is 5.53. The summed E-state index contributed by atoms with van der Waals surface area (Å²) in [5.41, 5.74) is 1.76. The van der Waals surface area contributed by atoms with Gasteiger partial charge in [0.1, 0.15) is 5.82 Å². The SMILES string of the molecule is CN1CCC(c2nc(C3(c4ccccc4F)CCCC3)cs2)CC1. The molecule has 4 rings (SSSR count). The molecule has 1 aromatic heterocycles. The molecule has 1 saturated heterocycles. The van der Waals surface area contributed by atoms with Crippen LogP contribution in [0.25, 0.3) is 0 Å². The summed E-state index contributed by atoms with van der Waals surface area (Å²) < 4.78 is 14.5. The van der Waals surface area contributed by atoms with Gasteiger partial charge in [-0.05, 0) is 57.5 Å². The zero-order valence-corrected chi connectivity index (χ0v) is 15.1. The van der Waals surface area contributed by atoms with E-state index in [4.69, 9.17) is 4.98 Å². The van der Waals surface area contributed by atoms with Gasteiger partial charge in [-0.2, -0.15) is 0 Å². The second-order valence-electron chi connectivity index (χ2n) is 7.42. The van der Waals surface area contributed by atoms with Gasteiger partial charge in [0.25, 0.3) is 0 Å². The first-order chi connectivity index (χ1) is 11.7. The van der Waals surface area contributed by atoms with Crippen molar-refractivity contribution >= 4 is 11.3 Å². The van der Waals surface area contributed by atoms with E-state index in [1.807, 2.05) is 12.1 Å². The molecular formula is C20H25FN2S. The molecule has 2 aromatic rings. The van der Waals surface area contributed by atoms with E-state index >= 15 is 0 Å². The lowest BCUT2D eigenvalue weighted by Crippen LogP contribution is -2.29. The van der Waals surface area contributed by atoms with E-state index < -0.39 is 0 Å². The number of hydrogen-bond donors (Lipinski definition) is 0. The first-order valence-corrected chi connectivity index (χ1v) is 9.96. The molecule has 128 valence electrons. The predicted molar refractivity (Wildman–Crippen MR) is 97.2 cm³/mol. The van der Waals surface area contributed by atoms with Crippen molar-refractivity contribution < 1.29 is 4.39 Å². The molecule has 0 bridgehead atoms. The number of halogens is 1. The summed E-state index contributed by atoms with van der Waals surface area (Å²) in [6.45, 7) is 2.30. The lowest BCUT2D eigenvalue weighted by molar-refractivity contribution is 0.255. The standard InChI is InChI=1S/C20H25FN2S/c1-23-12-8-15(9-13-23)19-22-18(14-24-19)20(10-4-5-11-20)16-6-2-3-7-17(16)21/h2-3,6-7,14-15H,4-5,8-13H2,1H3. The van der Waals surface area contributed by atoms with Crippen LogP contribution in [0.15, 0.2) is 29.6 Å². The van der Waals surface area contributed by atoms with Crippen LogP contribution >= 0.6 is 11.3 Å². The topological polar surface area (TPSA) is 16.1 Å². The Morgan fingerprint density at radius 1 is 1.17 bits per heavy atom. The van der Waals surface area contributed by atoms with Gasteiger partial charge in [0.05, 0.1) is 10.7 Å². The van der Waals surface area contributed by atoms with Gasteiger partial charge in [-0.1, -0.05) is 31.0 Å². The van der Waals surface area contributed by atoms with Crippen LogP contribution in [0.5, 0.6) is 0 Å². The third-order valence-electron chi connectivity index (χ3n) is 5.93. The van der Waals surface area contributed by atoms with E-state index in [0.29, 0.717) is 5.92 Å². The molecule has 0 N–H and O–H groups in total. The van der Waals surface area contributed by atoms with Crippen LogP contribution in [0.4, 0.5) is 4.39 Å². The van der Waals surface area contributed by atoms with Crippen molar-refractivity contribution in [1.29, 1.82) is 0 Å². The molecule has 1 aliphatic heterocycles. The predicted octanol–water partition coefficient (Wildman–Crippen LogP) is 4.95. The Hall–Kier alpha value is -1.26. The van der Waals surface area contributed by atoms with Crippen molar-refractivity contribution in [1.82, 2.24) is 9.88 Å². The molecule has 2 aliphatic rings. The van der Waals surface area contributed by atoms with Gasteiger partial charge in [0, 0.05) is 16.7 Å². The number of piperidine rings is 1. The van der Waals surface area contributed by atoms with E-state index in [1.165, 1.54) is 17.8 Å². The monoisotopic (exact) mass is 344 g/mol. The summed E-state index contributed by atoms with van der Waals surface area (Å²) in [5, 5.41) is 3.48. The number of nitrogens with zero attached hydrogens (tertiary/aromatic N) is 2. The second-order valence-corrected chi connectivity index (χ2v) is 8.31. The first-order valence-electron chi connectivity index (χ1n) is 9.08. The quantitative estimate of drug-likeness (QED) is 0.783. The number of likely N-dealkylation sites (tertiary alicyclic amines) is 1. The Morgan fingerprint density at radius 3 is 2.58 bits per heavy atom. The minimum atomic E-state index is -0.203. The number of hydrogen-bond acceptors (Lipinski definition) is 3. The van der Waals surface area contributed by atoms with E-state index in [9.17, 15) is 4.39 Å². The van der Waals surface area contributed by atoms with Crippen LogP contribution in [-0.4, -0.2) is 30.0 Å². The molecule has 2 heterocycles. The summed E-state index contributed by atoms with van der Waals surface area (Å²) in [6.07, 6.45) is 6.74. The molecule has 0 amide bonds. The van der Waals surface area contributed by atoms with E-state index in [2.05, 4.69) is 17.3 Å². The average Bonchev–Trinajstić information content (AvgIpc) is 3.26. The molecule has 2 fully saturated rings. The summed E-state index contributed by atoms with van der Waals surface area (Å²) >= 11 is 1.79. The maximum Gasteiger partial charge on any atom is 0.127 e. The van der Waals surface area contributed by atoms with Crippen molar-refractivity contribution in [3.05, 3.63) is 51.7 Å². The number of aromatic nitrogens is 1. The number of thiazole rings is 1. The van der Waals surface area contributed by atoms with Gasteiger partial charge < -0.3 is 4.90 Å². The fourth-order valence-electron chi connectivity index (χ4n) is 4.44. The Morgan fingerprint density at radius 2 is 1.88 bits per heavy atom. The summed E-state index contributed by atoms with van der Waals surface area (Å²) in [6, 6.07) is 7.31. The zero-order valence-electron chi connectivity index (χ0n) is 14.3. The van der Waals surface area contributed by atoms with E-state index in [1.54, 1.807) is 23.5 Å². The maximum atomic E-state index is 14.5. The molecule has 24 heavy (non-hydrogen) atoms. The lowest BCUT2D eigenvalue weighted by Gasteiger charge is -2.29. The molecule has 0 atom stereocenters. The molecule has 0 spiro atoms. The lowest BCUT2D eigenvalue weighted by atomic mass is 9.76. The van der Waals surface area contributed by atoms with Crippen molar-refractivity contribution in [3.63, 3.8) is 0 Å². The van der Waals surface area contributed by atoms with E-state index in [0.717, 1.165) is 50.0 Å². The molecule has 0 radical (unpaired) electrons. The van der Waals surface area contributed by atoms with Gasteiger partial charge in [-0.3, -0.25) is 0 Å². The Kier molecular flexibility index (Phi) is 4.44. The minimum Gasteiger partial charge on any atom is -0.306 e. The van der Waals surface area contributed by atoms with Crippen LogP contribution in [0.3, 0.4) is 0 Å². The third-order valence-corrected chi connectivity index (χ3v) is 6.93. The van der Waals surface area contributed by atoms with Crippen molar-refractivity contribution in [2.75, 3.05) is 20.1 Å². The highest BCUT2D eigenvalue weighted by Crippen LogP contribution is 2.48. The minimum absolute atomic E-state index is 0.0757. The van der Waals surface area contributed by atoms with Gasteiger partial charge >= 0.3 is 0 Å². The second kappa shape index (κ2) is 6.57. The average molecular weight is 344 g/mol. The van der Waals surface area contributed by atoms with Gasteiger partial charge in [0.15, 0.2) is 0 Å². The smallest absolute Gasteiger partial charge is 0.127 e. The Balaban J connectivity index is 1.67. The summed E-state index contributed by atoms with van der Waals surface area (Å²) in [7, 11) is 2.19. The maximum absolute atomic E-state index is 14.5.